The molecule has 0 bridgehead atoms. The quantitative estimate of drug-likeness (QED) is 0.791. The summed E-state index contributed by atoms with van der Waals surface area (Å²) in [5.74, 6) is -0.867. The van der Waals surface area contributed by atoms with E-state index in [0.29, 0.717) is 12.2 Å². The van der Waals surface area contributed by atoms with Gasteiger partial charge in [-0.05, 0) is 49.7 Å². The number of carbonyl (C=O) groups excluding carboxylic acids is 2. The van der Waals surface area contributed by atoms with Gasteiger partial charge in [-0.2, -0.15) is 0 Å². The fraction of sp³-hybridized carbons (Fsp3) is 0.235. The summed E-state index contributed by atoms with van der Waals surface area (Å²) < 4.78 is 18.2. The Morgan fingerprint density at radius 1 is 1.17 bits per heavy atom. The molecule has 2 rings (SSSR count). The molecule has 0 spiro atoms. The van der Waals surface area contributed by atoms with Gasteiger partial charge in [0.2, 0.25) is 5.91 Å². The Kier molecular flexibility index (Phi) is 6.24. The van der Waals surface area contributed by atoms with Crippen molar-refractivity contribution in [2.45, 2.75) is 25.9 Å². The first-order chi connectivity index (χ1) is 11.5. The van der Waals surface area contributed by atoms with E-state index in [1.165, 1.54) is 31.2 Å². The molecular weight excluding hydrogens is 313 g/mol. The number of hydrogen-bond donors (Lipinski definition) is 2. The SMILES string of the molecule is CC(Oc1ccc(F)cc1)C(=O)NNC(=O)CCc1ccccn1. The van der Waals surface area contributed by atoms with E-state index in [1.54, 1.807) is 12.3 Å². The standard InChI is InChI=1S/C17H18FN3O3/c1-12(24-15-8-5-13(18)6-9-15)17(23)21-20-16(22)10-7-14-4-2-3-11-19-14/h2-6,8-9,11-12H,7,10H2,1H3,(H,20,22)(H,21,23). The molecule has 0 saturated heterocycles. The highest BCUT2D eigenvalue weighted by Crippen LogP contribution is 2.12. The minimum atomic E-state index is -0.841. The number of carbonyl (C=O) groups is 2. The number of pyridine rings is 1. The molecule has 0 aliphatic carbocycles. The van der Waals surface area contributed by atoms with Crippen molar-refractivity contribution in [2.75, 3.05) is 0 Å². The number of aromatic nitrogens is 1. The molecule has 0 aliphatic heterocycles. The highest BCUT2D eigenvalue weighted by atomic mass is 19.1. The van der Waals surface area contributed by atoms with E-state index in [1.807, 2.05) is 12.1 Å². The maximum Gasteiger partial charge on any atom is 0.279 e. The summed E-state index contributed by atoms with van der Waals surface area (Å²) in [7, 11) is 0. The maximum absolute atomic E-state index is 12.8. The second kappa shape index (κ2) is 8.61. The molecule has 1 unspecified atom stereocenters. The third-order valence-electron chi connectivity index (χ3n) is 3.16. The van der Waals surface area contributed by atoms with Crippen LogP contribution < -0.4 is 15.6 Å². The number of amides is 2. The second-order valence-corrected chi connectivity index (χ2v) is 5.07. The van der Waals surface area contributed by atoms with E-state index in [9.17, 15) is 14.0 Å². The summed E-state index contributed by atoms with van der Waals surface area (Å²) in [5, 5.41) is 0. The molecule has 0 aliphatic rings. The average Bonchev–Trinajstić information content (AvgIpc) is 2.60. The lowest BCUT2D eigenvalue weighted by Crippen LogP contribution is -2.47. The first-order valence-corrected chi connectivity index (χ1v) is 7.45. The van der Waals surface area contributed by atoms with Crippen LogP contribution in [0.5, 0.6) is 5.75 Å². The summed E-state index contributed by atoms with van der Waals surface area (Å²) in [4.78, 5) is 27.7. The van der Waals surface area contributed by atoms with Crippen LogP contribution in [0.1, 0.15) is 19.0 Å². The van der Waals surface area contributed by atoms with E-state index < -0.39 is 12.0 Å². The zero-order chi connectivity index (χ0) is 17.4. The monoisotopic (exact) mass is 331 g/mol. The Morgan fingerprint density at radius 2 is 1.92 bits per heavy atom. The van der Waals surface area contributed by atoms with Gasteiger partial charge in [-0.1, -0.05) is 6.07 Å². The molecule has 2 N–H and O–H groups in total. The van der Waals surface area contributed by atoms with E-state index in [4.69, 9.17) is 4.74 Å². The Morgan fingerprint density at radius 3 is 2.58 bits per heavy atom. The molecule has 6 nitrogen and oxygen atoms in total. The average molecular weight is 331 g/mol. The molecule has 0 fully saturated rings. The molecule has 1 aromatic carbocycles. The molecule has 1 atom stereocenters. The second-order valence-electron chi connectivity index (χ2n) is 5.07. The van der Waals surface area contributed by atoms with Crippen LogP contribution in [-0.2, 0) is 16.0 Å². The Labute approximate surface area is 139 Å². The van der Waals surface area contributed by atoms with Gasteiger partial charge < -0.3 is 4.74 Å². The van der Waals surface area contributed by atoms with Crippen molar-refractivity contribution in [1.29, 1.82) is 0 Å². The predicted molar refractivity (Wildman–Crippen MR) is 85.3 cm³/mol. The molecule has 2 amide bonds. The van der Waals surface area contributed by atoms with Crippen LogP contribution in [0.25, 0.3) is 0 Å². The number of hydrogen-bond acceptors (Lipinski definition) is 4. The number of nitrogens with one attached hydrogen (secondary N) is 2. The summed E-state index contributed by atoms with van der Waals surface area (Å²) in [6, 6.07) is 10.8. The Hall–Kier alpha value is -2.96. The largest absolute Gasteiger partial charge is 0.481 e. The van der Waals surface area contributed by atoms with Crippen LogP contribution in [0.2, 0.25) is 0 Å². The topological polar surface area (TPSA) is 80.3 Å². The van der Waals surface area contributed by atoms with Crippen LogP contribution >= 0.6 is 0 Å². The summed E-state index contributed by atoms with van der Waals surface area (Å²) >= 11 is 0. The molecule has 0 radical (unpaired) electrons. The van der Waals surface area contributed by atoms with E-state index in [-0.39, 0.29) is 18.1 Å². The highest BCUT2D eigenvalue weighted by molar-refractivity contribution is 5.84. The fourth-order valence-corrected chi connectivity index (χ4v) is 1.85. The van der Waals surface area contributed by atoms with Gasteiger partial charge in [0.25, 0.3) is 5.91 Å². The fourth-order valence-electron chi connectivity index (χ4n) is 1.85. The van der Waals surface area contributed by atoms with Crippen LogP contribution in [-0.4, -0.2) is 22.9 Å². The molecule has 1 aromatic heterocycles. The van der Waals surface area contributed by atoms with Crippen molar-refractivity contribution in [2.24, 2.45) is 0 Å². The van der Waals surface area contributed by atoms with Gasteiger partial charge in [0.15, 0.2) is 6.10 Å². The van der Waals surface area contributed by atoms with Crippen molar-refractivity contribution in [3.63, 3.8) is 0 Å². The number of aryl methyl sites for hydroxylation is 1. The molecular formula is C17H18FN3O3. The summed E-state index contributed by atoms with van der Waals surface area (Å²) in [6.07, 6.45) is 1.49. The number of benzene rings is 1. The minimum Gasteiger partial charge on any atom is -0.481 e. The van der Waals surface area contributed by atoms with Crippen LogP contribution in [0, 0.1) is 5.82 Å². The van der Waals surface area contributed by atoms with Gasteiger partial charge in [0.1, 0.15) is 11.6 Å². The van der Waals surface area contributed by atoms with Gasteiger partial charge in [0, 0.05) is 18.3 Å². The minimum absolute atomic E-state index is 0.199. The third-order valence-corrected chi connectivity index (χ3v) is 3.16. The van der Waals surface area contributed by atoms with Crippen molar-refractivity contribution < 1.29 is 18.7 Å². The van der Waals surface area contributed by atoms with Crippen LogP contribution in [0.15, 0.2) is 48.7 Å². The number of nitrogens with zero attached hydrogens (tertiary/aromatic N) is 1. The number of rotatable bonds is 6. The van der Waals surface area contributed by atoms with Crippen molar-refractivity contribution in [1.82, 2.24) is 15.8 Å². The van der Waals surface area contributed by atoms with Gasteiger partial charge in [-0.15, -0.1) is 0 Å². The van der Waals surface area contributed by atoms with Gasteiger partial charge >= 0.3 is 0 Å². The van der Waals surface area contributed by atoms with Crippen LogP contribution in [0.4, 0.5) is 4.39 Å². The molecule has 2 aromatic rings. The number of halogens is 1. The maximum atomic E-state index is 12.8. The van der Waals surface area contributed by atoms with Crippen molar-refractivity contribution in [3.8, 4) is 5.75 Å². The number of ether oxygens (including phenoxy) is 1. The van der Waals surface area contributed by atoms with Gasteiger partial charge in [-0.25, -0.2) is 4.39 Å². The zero-order valence-electron chi connectivity index (χ0n) is 13.2. The van der Waals surface area contributed by atoms with Crippen molar-refractivity contribution >= 4 is 11.8 Å². The Balaban J connectivity index is 1.71. The first kappa shape index (κ1) is 17.4. The molecule has 1 heterocycles. The van der Waals surface area contributed by atoms with Crippen molar-refractivity contribution in [3.05, 3.63) is 60.2 Å². The number of hydrazine groups is 1. The molecule has 7 heteroatoms. The lowest BCUT2D eigenvalue weighted by Gasteiger charge is -2.15. The lowest BCUT2D eigenvalue weighted by atomic mass is 10.2. The summed E-state index contributed by atoms with van der Waals surface area (Å²) in [5.41, 5.74) is 5.41. The molecule has 0 saturated carbocycles. The predicted octanol–water partition coefficient (Wildman–Crippen LogP) is 1.77. The van der Waals surface area contributed by atoms with E-state index in [0.717, 1.165) is 5.69 Å². The van der Waals surface area contributed by atoms with E-state index >= 15 is 0 Å². The lowest BCUT2D eigenvalue weighted by molar-refractivity contribution is -0.132. The Bertz CT molecular complexity index is 677. The molecule has 24 heavy (non-hydrogen) atoms. The van der Waals surface area contributed by atoms with Crippen LogP contribution in [0.3, 0.4) is 0 Å². The normalized spacial score (nSPS) is 11.4. The zero-order valence-corrected chi connectivity index (χ0v) is 13.2. The molecule has 126 valence electrons. The van der Waals surface area contributed by atoms with Gasteiger partial charge in [0.05, 0.1) is 0 Å². The van der Waals surface area contributed by atoms with Gasteiger partial charge in [-0.3, -0.25) is 25.4 Å². The van der Waals surface area contributed by atoms with E-state index in [2.05, 4.69) is 15.8 Å². The first-order valence-electron chi connectivity index (χ1n) is 7.45. The smallest absolute Gasteiger partial charge is 0.279 e. The third kappa shape index (κ3) is 5.68. The summed E-state index contributed by atoms with van der Waals surface area (Å²) in [6.45, 7) is 1.53. The highest BCUT2D eigenvalue weighted by Gasteiger charge is 2.15.